The first kappa shape index (κ1) is 27.6. The molecule has 11 nitrogen and oxygen atoms in total. The van der Waals surface area contributed by atoms with Gasteiger partial charge in [-0.1, -0.05) is 44.2 Å². The van der Waals surface area contributed by atoms with E-state index in [-0.39, 0.29) is 18.8 Å². The molecule has 11 heteroatoms. The highest BCUT2D eigenvalue weighted by atomic mass is 16.4. The Balaban J connectivity index is 2.95. The van der Waals surface area contributed by atoms with Crippen LogP contribution in [0.1, 0.15) is 39.2 Å². The number of benzene rings is 1. The number of carbonyl (C=O) groups is 5. The lowest BCUT2D eigenvalue weighted by atomic mass is 10.0. The first-order valence-corrected chi connectivity index (χ1v) is 10.6. The lowest BCUT2D eigenvalue weighted by Gasteiger charge is -2.24. The van der Waals surface area contributed by atoms with Gasteiger partial charge in [-0.15, -0.1) is 0 Å². The van der Waals surface area contributed by atoms with Gasteiger partial charge in [0, 0.05) is 12.8 Å². The third-order valence-electron chi connectivity index (χ3n) is 4.95. The van der Waals surface area contributed by atoms with Gasteiger partial charge in [-0.05, 0) is 24.8 Å². The highest BCUT2D eigenvalue weighted by molar-refractivity contribution is 5.94. The normalized spacial score (nSPS) is 14.5. The molecule has 4 unspecified atom stereocenters. The molecule has 1 aromatic carbocycles. The van der Waals surface area contributed by atoms with Gasteiger partial charge in [-0.3, -0.25) is 19.2 Å². The molecule has 1 aromatic rings. The number of aliphatic carboxylic acids is 2. The lowest BCUT2D eigenvalue weighted by molar-refractivity contribution is -0.143. The third kappa shape index (κ3) is 9.69. The number of hydrogen-bond acceptors (Lipinski definition) is 6. The summed E-state index contributed by atoms with van der Waals surface area (Å²) in [5, 5.41) is 25.4. The van der Waals surface area contributed by atoms with Gasteiger partial charge in [0.1, 0.15) is 18.1 Å². The van der Waals surface area contributed by atoms with Crippen molar-refractivity contribution in [2.24, 2.45) is 11.7 Å². The summed E-state index contributed by atoms with van der Waals surface area (Å²) in [6, 6.07) is 4.32. The van der Waals surface area contributed by atoms with Crippen molar-refractivity contribution in [2.45, 2.75) is 64.2 Å². The quantitative estimate of drug-likeness (QED) is 0.228. The summed E-state index contributed by atoms with van der Waals surface area (Å²) >= 11 is 0. The Labute approximate surface area is 192 Å². The molecule has 33 heavy (non-hydrogen) atoms. The predicted molar refractivity (Wildman–Crippen MR) is 119 cm³/mol. The highest BCUT2D eigenvalue weighted by Crippen LogP contribution is 2.06. The van der Waals surface area contributed by atoms with Gasteiger partial charge in [-0.2, -0.15) is 0 Å². The second kappa shape index (κ2) is 13.2. The van der Waals surface area contributed by atoms with E-state index >= 15 is 0 Å². The first-order valence-electron chi connectivity index (χ1n) is 10.6. The van der Waals surface area contributed by atoms with Crippen molar-refractivity contribution in [2.75, 3.05) is 0 Å². The molecule has 0 spiro atoms. The monoisotopic (exact) mass is 464 g/mol. The number of carbonyl (C=O) groups excluding carboxylic acids is 3. The van der Waals surface area contributed by atoms with Crippen LogP contribution in [0.25, 0.3) is 0 Å². The minimum atomic E-state index is -1.44. The fourth-order valence-electron chi connectivity index (χ4n) is 2.83. The van der Waals surface area contributed by atoms with E-state index in [1.807, 2.05) is 0 Å². The van der Waals surface area contributed by atoms with E-state index in [1.165, 1.54) is 6.92 Å². The Morgan fingerprint density at radius 1 is 0.848 bits per heavy atom. The van der Waals surface area contributed by atoms with E-state index in [9.17, 15) is 29.1 Å². The Morgan fingerprint density at radius 2 is 1.42 bits per heavy atom. The SMILES string of the molecule is CC(NC(=O)C(N)C(C)C)C(=O)NC(Cc1ccccc1)C(=O)NC(CCC(=O)O)C(=O)O. The van der Waals surface area contributed by atoms with E-state index < -0.39 is 60.2 Å². The van der Waals surface area contributed by atoms with Crippen LogP contribution in [0.15, 0.2) is 30.3 Å². The standard InChI is InChI=1S/C22H32N4O7/c1-12(2)18(23)21(31)24-13(3)19(29)26-16(11-14-7-5-4-6-8-14)20(30)25-15(22(32)33)9-10-17(27)28/h4-8,12-13,15-16,18H,9-11,23H2,1-3H3,(H,24,31)(H,25,30)(H,26,29)(H,27,28)(H,32,33). The zero-order valence-corrected chi connectivity index (χ0v) is 18.9. The zero-order valence-electron chi connectivity index (χ0n) is 18.9. The molecule has 182 valence electrons. The van der Waals surface area contributed by atoms with Crippen molar-refractivity contribution in [1.82, 2.24) is 16.0 Å². The van der Waals surface area contributed by atoms with Crippen molar-refractivity contribution in [3.8, 4) is 0 Å². The molecular weight excluding hydrogens is 432 g/mol. The topological polar surface area (TPSA) is 188 Å². The van der Waals surface area contributed by atoms with Crippen LogP contribution in [0.5, 0.6) is 0 Å². The maximum absolute atomic E-state index is 12.8. The molecule has 0 aliphatic heterocycles. The number of nitrogens with two attached hydrogens (primary N) is 1. The van der Waals surface area contributed by atoms with Crippen LogP contribution < -0.4 is 21.7 Å². The average molecular weight is 465 g/mol. The van der Waals surface area contributed by atoms with Crippen LogP contribution >= 0.6 is 0 Å². The van der Waals surface area contributed by atoms with Gasteiger partial charge in [-0.25, -0.2) is 4.79 Å². The summed E-state index contributed by atoms with van der Waals surface area (Å²) in [5.41, 5.74) is 6.49. The molecule has 0 saturated carbocycles. The number of hydrogen-bond donors (Lipinski definition) is 6. The van der Waals surface area contributed by atoms with Crippen molar-refractivity contribution < 1.29 is 34.2 Å². The smallest absolute Gasteiger partial charge is 0.326 e. The highest BCUT2D eigenvalue weighted by Gasteiger charge is 2.29. The zero-order chi connectivity index (χ0) is 25.1. The van der Waals surface area contributed by atoms with Crippen LogP contribution in [-0.2, 0) is 30.4 Å². The van der Waals surface area contributed by atoms with Crippen LogP contribution in [0.3, 0.4) is 0 Å². The number of carboxylic acids is 2. The van der Waals surface area contributed by atoms with Crippen LogP contribution in [-0.4, -0.2) is 64.0 Å². The summed E-state index contributed by atoms with van der Waals surface area (Å²) in [6.45, 7) is 4.96. The maximum Gasteiger partial charge on any atom is 0.326 e. The first-order chi connectivity index (χ1) is 15.4. The van der Waals surface area contributed by atoms with E-state index in [4.69, 9.17) is 10.8 Å². The van der Waals surface area contributed by atoms with Crippen LogP contribution in [0.4, 0.5) is 0 Å². The van der Waals surface area contributed by atoms with Gasteiger partial charge in [0.05, 0.1) is 6.04 Å². The van der Waals surface area contributed by atoms with E-state index in [0.717, 1.165) is 0 Å². The summed E-state index contributed by atoms with van der Waals surface area (Å²) in [6.07, 6.45) is -0.718. The second-order valence-electron chi connectivity index (χ2n) is 8.08. The average Bonchev–Trinajstić information content (AvgIpc) is 2.75. The Morgan fingerprint density at radius 3 is 1.94 bits per heavy atom. The van der Waals surface area contributed by atoms with Gasteiger partial charge >= 0.3 is 11.9 Å². The molecule has 0 aromatic heterocycles. The van der Waals surface area contributed by atoms with Crippen LogP contribution in [0, 0.1) is 5.92 Å². The molecule has 0 saturated heterocycles. The Bertz CT molecular complexity index is 844. The summed E-state index contributed by atoms with van der Waals surface area (Å²) in [7, 11) is 0. The summed E-state index contributed by atoms with van der Waals surface area (Å²) in [5.74, 6) is -4.70. The Kier molecular flexibility index (Phi) is 11.0. The Hall–Kier alpha value is -3.47. The van der Waals surface area contributed by atoms with Crippen molar-refractivity contribution in [1.29, 1.82) is 0 Å². The predicted octanol–water partition coefficient (Wildman–Crippen LogP) is -0.364. The van der Waals surface area contributed by atoms with Gasteiger partial charge < -0.3 is 31.9 Å². The van der Waals surface area contributed by atoms with Crippen molar-refractivity contribution in [3.05, 3.63) is 35.9 Å². The van der Waals surface area contributed by atoms with Crippen molar-refractivity contribution >= 4 is 29.7 Å². The third-order valence-corrected chi connectivity index (χ3v) is 4.95. The molecule has 0 heterocycles. The summed E-state index contributed by atoms with van der Waals surface area (Å²) in [4.78, 5) is 59.9. The van der Waals surface area contributed by atoms with Crippen LogP contribution in [0.2, 0.25) is 0 Å². The molecule has 0 aliphatic rings. The van der Waals surface area contributed by atoms with Gasteiger partial charge in [0.15, 0.2) is 0 Å². The molecule has 4 atom stereocenters. The van der Waals surface area contributed by atoms with E-state index in [2.05, 4.69) is 16.0 Å². The maximum atomic E-state index is 12.8. The van der Waals surface area contributed by atoms with Gasteiger partial charge in [0.25, 0.3) is 0 Å². The molecule has 3 amide bonds. The minimum Gasteiger partial charge on any atom is -0.481 e. The number of nitrogens with one attached hydrogen (secondary N) is 3. The van der Waals surface area contributed by atoms with E-state index in [0.29, 0.717) is 5.56 Å². The molecular formula is C22H32N4O7. The minimum absolute atomic E-state index is 0.0514. The lowest BCUT2D eigenvalue weighted by Crippen LogP contribution is -2.57. The number of rotatable bonds is 13. The molecule has 1 rings (SSSR count). The number of amides is 3. The fourth-order valence-corrected chi connectivity index (χ4v) is 2.83. The van der Waals surface area contributed by atoms with Crippen molar-refractivity contribution in [3.63, 3.8) is 0 Å². The fraction of sp³-hybridized carbons (Fsp3) is 0.500. The molecule has 0 fully saturated rings. The molecule has 0 bridgehead atoms. The van der Waals surface area contributed by atoms with Gasteiger partial charge in [0.2, 0.25) is 17.7 Å². The van der Waals surface area contributed by atoms with E-state index in [1.54, 1.807) is 44.2 Å². The summed E-state index contributed by atoms with van der Waals surface area (Å²) < 4.78 is 0. The molecule has 7 N–H and O–H groups in total. The second-order valence-corrected chi connectivity index (χ2v) is 8.08. The molecule has 0 aliphatic carbocycles. The number of carboxylic acid groups (broad SMARTS) is 2. The molecule has 0 radical (unpaired) electrons. The largest absolute Gasteiger partial charge is 0.481 e.